The first-order valence-electron chi connectivity index (χ1n) is 9.89. The molecule has 0 aromatic carbocycles. The van der Waals surface area contributed by atoms with Gasteiger partial charge in [-0.05, 0) is 53.0 Å². The quantitative estimate of drug-likeness (QED) is 0.831. The average Bonchev–Trinajstić information content (AvgIpc) is 3.29. The van der Waals surface area contributed by atoms with Gasteiger partial charge in [0, 0.05) is 24.4 Å². The molecule has 3 heterocycles. The lowest BCUT2D eigenvalue weighted by Crippen LogP contribution is -2.47. The van der Waals surface area contributed by atoms with Crippen LogP contribution in [0, 0.1) is 0 Å². The van der Waals surface area contributed by atoms with Crippen molar-refractivity contribution < 1.29 is 19.1 Å². The SMILES string of the molecule is CCC(C)Oc1cc(C2=NC(C3CCCN3C(=O)OC(C)(C)C)NO2)ccn1. The van der Waals surface area contributed by atoms with Crippen LogP contribution in [-0.4, -0.2) is 52.3 Å². The summed E-state index contributed by atoms with van der Waals surface area (Å²) in [4.78, 5) is 28.8. The van der Waals surface area contributed by atoms with E-state index in [1.807, 2.05) is 39.8 Å². The Morgan fingerprint density at radius 3 is 2.96 bits per heavy atom. The van der Waals surface area contributed by atoms with Crippen LogP contribution >= 0.6 is 0 Å². The summed E-state index contributed by atoms with van der Waals surface area (Å²) in [6.45, 7) is 10.3. The highest BCUT2D eigenvalue weighted by molar-refractivity contribution is 5.95. The van der Waals surface area contributed by atoms with Crippen molar-refractivity contribution in [3.63, 3.8) is 0 Å². The highest BCUT2D eigenvalue weighted by Crippen LogP contribution is 2.26. The summed E-state index contributed by atoms with van der Waals surface area (Å²) in [6, 6.07) is 3.53. The Bertz CT molecular complexity index is 731. The molecule has 1 fully saturated rings. The molecular formula is C20H30N4O4. The molecule has 3 unspecified atom stereocenters. The van der Waals surface area contributed by atoms with E-state index in [9.17, 15) is 4.79 Å². The third kappa shape index (κ3) is 4.92. The summed E-state index contributed by atoms with van der Waals surface area (Å²) in [5.41, 5.74) is 3.21. The Morgan fingerprint density at radius 2 is 2.25 bits per heavy atom. The zero-order chi connectivity index (χ0) is 20.3. The molecule has 3 atom stereocenters. The maximum absolute atomic E-state index is 12.5. The Balaban J connectivity index is 1.71. The smallest absolute Gasteiger partial charge is 0.410 e. The molecule has 1 saturated heterocycles. The van der Waals surface area contributed by atoms with E-state index < -0.39 is 5.60 Å². The predicted octanol–water partition coefficient (Wildman–Crippen LogP) is 3.27. The minimum absolute atomic E-state index is 0.0842. The molecule has 2 aliphatic heterocycles. The summed E-state index contributed by atoms with van der Waals surface area (Å²) in [6.07, 6.45) is 3.76. The van der Waals surface area contributed by atoms with E-state index in [1.165, 1.54) is 0 Å². The Hall–Kier alpha value is -2.35. The molecule has 0 radical (unpaired) electrons. The highest BCUT2D eigenvalue weighted by atomic mass is 16.7. The second kappa shape index (κ2) is 8.34. The fourth-order valence-corrected chi connectivity index (χ4v) is 3.16. The molecule has 1 N–H and O–H groups in total. The zero-order valence-electron chi connectivity index (χ0n) is 17.3. The number of ether oxygens (including phenoxy) is 2. The van der Waals surface area contributed by atoms with Gasteiger partial charge in [0.15, 0.2) is 6.17 Å². The number of amides is 1. The predicted molar refractivity (Wildman–Crippen MR) is 105 cm³/mol. The summed E-state index contributed by atoms with van der Waals surface area (Å²) in [5, 5.41) is 0. The van der Waals surface area contributed by atoms with Gasteiger partial charge in [-0.25, -0.2) is 14.8 Å². The third-order valence-corrected chi connectivity index (χ3v) is 4.70. The van der Waals surface area contributed by atoms with Gasteiger partial charge in [-0.1, -0.05) is 6.92 Å². The molecule has 2 aliphatic rings. The topological polar surface area (TPSA) is 85.3 Å². The van der Waals surface area contributed by atoms with Crippen LogP contribution in [-0.2, 0) is 9.57 Å². The van der Waals surface area contributed by atoms with Gasteiger partial charge in [0.05, 0.1) is 12.1 Å². The van der Waals surface area contributed by atoms with E-state index in [4.69, 9.17) is 14.3 Å². The molecule has 0 saturated carbocycles. The number of pyridine rings is 1. The van der Waals surface area contributed by atoms with Crippen LogP contribution in [0.15, 0.2) is 23.3 Å². The number of carbonyl (C=O) groups excluding carboxylic acids is 1. The van der Waals surface area contributed by atoms with Crippen LogP contribution in [0.5, 0.6) is 5.88 Å². The lowest BCUT2D eigenvalue weighted by molar-refractivity contribution is 0.0164. The van der Waals surface area contributed by atoms with Gasteiger partial charge in [-0.15, -0.1) is 5.48 Å². The van der Waals surface area contributed by atoms with Crippen molar-refractivity contribution in [2.24, 2.45) is 4.99 Å². The number of hydrogen-bond acceptors (Lipinski definition) is 7. The summed E-state index contributed by atoms with van der Waals surface area (Å²) >= 11 is 0. The van der Waals surface area contributed by atoms with Crippen LogP contribution in [0.3, 0.4) is 0 Å². The van der Waals surface area contributed by atoms with Crippen LogP contribution < -0.4 is 10.2 Å². The minimum Gasteiger partial charge on any atom is -0.475 e. The Morgan fingerprint density at radius 1 is 1.46 bits per heavy atom. The molecule has 8 nitrogen and oxygen atoms in total. The summed E-state index contributed by atoms with van der Waals surface area (Å²) in [7, 11) is 0. The van der Waals surface area contributed by atoms with Gasteiger partial charge < -0.3 is 19.2 Å². The zero-order valence-corrected chi connectivity index (χ0v) is 17.3. The Labute approximate surface area is 166 Å². The molecule has 0 spiro atoms. The van der Waals surface area contributed by atoms with Crippen molar-refractivity contribution in [3.05, 3.63) is 23.9 Å². The molecule has 0 aliphatic carbocycles. The monoisotopic (exact) mass is 390 g/mol. The first-order chi connectivity index (χ1) is 13.3. The fraction of sp³-hybridized carbons (Fsp3) is 0.650. The number of aromatic nitrogens is 1. The van der Waals surface area contributed by atoms with Crippen molar-refractivity contribution in [1.82, 2.24) is 15.4 Å². The van der Waals surface area contributed by atoms with Crippen LogP contribution in [0.2, 0.25) is 0 Å². The number of hydrogen-bond donors (Lipinski definition) is 1. The van der Waals surface area contributed by atoms with Crippen LogP contribution in [0.25, 0.3) is 0 Å². The van der Waals surface area contributed by atoms with E-state index in [0.717, 1.165) is 24.8 Å². The largest absolute Gasteiger partial charge is 0.475 e. The first-order valence-corrected chi connectivity index (χ1v) is 9.89. The minimum atomic E-state index is -0.526. The van der Waals surface area contributed by atoms with Crippen molar-refractivity contribution in [3.8, 4) is 5.88 Å². The Kier molecular flexibility index (Phi) is 6.07. The van der Waals surface area contributed by atoms with Gasteiger partial charge in [0.2, 0.25) is 11.8 Å². The number of aliphatic imine (C=N–C) groups is 1. The van der Waals surface area contributed by atoms with Crippen molar-refractivity contribution in [2.75, 3.05) is 6.54 Å². The number of rotatable bonds is 5. The lowest BCUT2D eigenvalue weighted by atomic mass is 10.1. The van der Waals surface area contributed by atoms with Gasteiger partial charge in [-0.3, -0.25) is 0 Å². The van der Waals surface area contributed by atoms with Crippen LogP contribution in [0.1, 0.15) is 59.4 Å². The highest BCUT2D eigenvalue weighted by Gasteiger charge is 2.39. The van der Waals surface area contributed by atoms with E-state index in [1.54, 1.807) is 11.1 Å². The van der Waals surface area contributed by atoms with Crippen molar-refractivity contribution >= 4 is 12.0 Å². The van der Waals surface area contributed by atoms with Gasteiger partial charge in [-0.2, -0.15) is 0 Å². The van der Waals surface area contributed by atoms with Crippen molar-refractivity contribution in [2.45, 2.75) is 77.8 Å². The molecule has 0 bridgehead atoms. The fourth-order valence-electron chi connectivity index (χ4n) is 3.16. The summed E-state index contributed by atoms with van der Waals surface area (Å²) < 4.78 is 11.3. The number of carbonyl (C=O) groups is 1. The molecule has 1 aromatic heterocycles. The molecular weight excluding hydrogens is 360 g/mol. The molecule has 28 heavy (non-hydrogen) atoms. The molecule has 1 amide bonds. The van der Waals surface area contributed by atoms with Crippen molar-refractivity contribution in [1.29, 1.82) is 0 Å². The maximum Gasteiger partial charge on any atom is 0.410 e. The summed E-state index contributed by atoms with van der Waals surface area (Å²) in [5.74, 6) is 1.01. The lowest BCUT2D eigenvalue weighted by Gasteiger charge is -2.29. The standard InChI is InChI=1S/C20H30N4O4/c1-6-13(2)26-16-12-14(9-10-21-16)18-22-17(23-28-18)15-8-7-11-24(15)19(25)27-20(3,4)5/h9-10,12-13,15,17,23H,6-8,11H2,1-5H3. The average molecular weight is 390 g/mol. The van der Waals surface area contributed by atoms with E-state index in [2.05, 4.69) is 22.4 Å². The molecule has 154 valence electrons. The number of likely N-dealkylation sites (tertiary alicyclic amines) is 1. The van der Waals surface area contributed by atoms with Gasteiger partial charge >= 0.3 is 6.09 Å². The molecule has 3 rings (SSSR count). The number of hydroxylamine groups is 1. The second-order valence-corrected chi connectivity index (χ2v) is 8.20. The molecule has 1 aromatic rings. The number of nitrogens with one attached hydrogen (secondary N) is 1. The van der Waals surface area contributed by atoms with Gasteiger partial charge in [0.25, 0.3) is 0 Å². The maximum atomic E-state index is 12.5. The third-order valence-electron chi connectivity index (χ3n) is 4.70. The molecule has 8 heteroatoms. The van der Waals surface area contributed by atoms with E-state index in [-0.39, 0.29) is 24.4 Å². The normalized spacial score (nSPS) is 23.2. The van der Waals surface area contributed by atoms with E-state index in [0.29, 0.717) is 18.3 Å². The second-order valence-electron chi connectivity index (χ2n) is 8.20. The van der Waals surface area contributed by atoms with Crippen LogP contribution in [0.4, 0.5) is 4.79 Å². The first kappa shape index (κ1) is 20.4. The number of nitrogens with zero attached hydrogens (tertiary/aromatic N) is 3. The van der Waals surface area contributed by atoms with E-state index >= 15 is 0 Å². The van der Waals surface area contributed by atoms with Gasteiger partial charge in [0.1, 0.15) is 5.60 Å².